The fourth-order valence-corrected chi connectivity index (χ4v) is 3.35. The van der Waals surface area contributed by atoms with Crippen molar-refractivity contribution >= 4 is 37.2 Å². The summed E-state index contributed by atoms with van der Waals surface area (Å²) in [6, 6.07) is 38.0. The molecular weight excluding hydrogens is 722 g/mol. The number of ether oxygens (including phenoxy) is 2. The van der Waals surface area contributed by atoms with Gasteiger partial charge in [0.2, 0.25) is 0 Å². The molecule has 4 aromatic rings. The molecule has 0 bridgehead atoms. The van der Waals surface area contributed by atoms with E-state index in [0.717, 1.165) is 22.3 Å². The summed E-state index contributed by atoms with van der Waals surface area (Å²) in [5, 5.41) is 0. The van der Waals surface area contributed by atoms with Crippen LogP contribution >= 0.6 is 0 Å². The Bertz CT molecular complexity index is 1350. The van der Waals surface area contributed by atoms with Crippen LogP contribution in [0, 0.1) is 25.0 Å². The second kappa shape index (κ2) is 32.2. The molecule has 0 unspecified atom stereocenters. The Kier molecular flexibility index (Phi) is 31.8. The predicted octanol–water partition coefficient (Wildman–Crippen LogP) is 9.64. The quantitative estimate of drug-likeness (QED) is 0.0661. The normalized spacial score (nSPS) is 9.65. The van der Waals surface area contributed by atoms with Gasteiger partial charge in [0.05, 0.1) is 0 Å². The molecule has 0 atom stereocenters. The molecule has 6 heteroatoms. The van der Waals surface area contributed by atoms with Crippen molar-refractivity contribution in [3.63, 3.8) is 0 Å². The Hall–Kier alpha value is -2.75. The first-order chi connectivity index (χ1) is 21.6. The zero-order chi connectivity index (χ0) is 32.1. The Balaban J connectivity index is 0. The van der Waals surface area contributed by atoms with E-state index in [1.54, 1.807) is 12.2 Å². The van der Waals surface area contributed by atoms with Crippen LogP contribution in [-0.4, -0.2) is 26.2 Å². The van der Waals surface area contributed by atoms with Crippen LogP contribution in [0.25, 0.3) is 35.4 Å². The minimum absolute atomic E-state index is 0. The summed E-state index contributed by atoms with van der Waals surface area (Å²) in [6.07, 6.45) is 15.6. The SMILES string of the molecule is C[CH-]C.C[CH-]C.O=COC/C=C/c1ccc(-c2cc[c-]cc2)cc1.O=COC/C=C/c1ccc(/C=C/c2cc[c-]cc2)cc1.[Y].[Y]. The van der Waals surface area contributed by atoms with Gasteiger partial charge in [-0.15, -0.1) is 11.1 Å². The van der Waals surface area contributed by atoms with Crippen molar-refractivity contribution in [1.82, 2.24) is 0 Å². The first-order valence-corrected chi connectivity index (χ1v) is 14.3. The average molecular weight is 765 g/mol. The summed E-state index contributed by atoms with van der Waals surface area (Å²) in [4.78, 5) is 19.9. The summed E-state index contributed by atoms with van der Waals surface area (Å²) >= 11 is 0. The number of benzene rings is 4. The molecule has 4 nitrogen and oxygen atoms in total. The molecular formula is C40H42O4Y2-4. The van der Waals surface area contributed by atoms with Crippen LogP contribution < -0.4 is 0 Å². The molecule has 0 aromatic heterocycles. The van der Waals surface area contributed by atoms with Crippen molar-refractivity contribution in [2.24, 2.45) is 0 Å². The third-order valence-electron chi connectivity index (χ3n) is 5.25. The standard InChI is InChI=1S/C18H15O2.C16H13O2.2C3H7.2Y/c19-15-20-14-4-7-17-9-12-18(13-10-17)11-8-16-5-2-1-3-6-16;17-13-18-12-4-5-14-8-10-16(11-9-14)15-6-2-1-3-7-15;2*1-3-2;;/h2-13,15H,14H2;2-11,13H,12H2;2*3H,1-2H3;;/q4*-1;;/b7-4+,11-8+;5-4+;;;;. The molecule has 0 aliphatic rings. The molecule has 0 heterocycles. The second-order valence-electron chi connectivity index (χ2n) is 9.06. The maximum Gasteiger partial charge on any atom is 0.293 e. The second-order valence-corrected chi connectivity index (χ2v) is 9.06. The van der Waals surface area contributed by atoms with E-state index in [1.807, 2.05) is 138 Å². The minimum Gasteiger partial charge on any atom is -0.464 e. The third kappa shape index (κ3) is 22.7. The fourth-order valence-electron chi connectivity index (χ4n) is 3.35. The molecule has 4 rings (SSSR count). The molecule has 46 heavy (non-hydrogen) atoms. The molecule has 0 amide bonds. The average Bonchev–Trinajstić information content (AvgIpc) is 3.07. The Labute approximate surface area is 327 Å². The van der Waals surface area contributed by atoms with Gasteiger partial charge >= 0.3 is 0 Å². The van der Waals surface area contributed by atoms with Crippen LogP contribution in [0.2, 0.25) is 0 Å². The number of carbonyl (C=O) groups excluding carboxylic acids is 2. The summed E-state index contributed by atoms with van der Waals surface area (Å²) in [5.41, 5.74) is 6.79. The van der Waals surface area contributed by atoms with E-state index in [4.69, 9.17) is 0 Å². The number of rotatable bonds is 11. The third-order valence-corrected chi connectivity index (χ3v) is 5.25. The van der Waals surface area contributed by atoms with Gasteiger partial charge in [-0.1, -0.05) is 72.8 Å². The fraction of sp³-hybridized carbons (Fsp3) is 0.150. The zero-order valence-corrected chi connectivity index (χ0v) is 32.9. The van der Waals surface area contributed by atoms with Gasteiger partial charge in [0.1, 0.15) is 13.2 Å². The molecule has 0 spiro atoms. The van der Waals surface area contributed by atoms with Crippen LogP contribution in [0.15, 0.2) is 109 Å². The van der Waals surface area contributed by atoms with Crippen molar-refractivity contribution in [1.29, 1.82) is 0 Å². The zero-order valence-electron chi connectivity index (χ0n) is 27.2. The maximum atomic E-state index is 9.98. The van der Waals surface area contributed by atoms with Crippen LogP contribution in [0.4, 0.5) is 0 Å². The van der Waals surface area contributed by atoms with Crippen LogP contribution in [0.3, 0.4) is 0 Å². The molecule has 4 aromatic carbocycles. The van der Waals surface area contributed by atoms with Gasteiger partial charge in [0, 0.05) is 65.4 Å². The smallest absolute Gasteiger partial charge is 0.293 e. The van der Waals surface area contributed by atoms with Gasteiger partial charge in [0.25, 0.3) is 12.9 Å². The van der Waals surface area contributed by atoms with Crippen molar-refractivity contribution in [2.45, 2.75) is 27.7 Å². The topological polar surface area (TPSA) is 52.6 Å². The van der Waals surface area contributed by atoms with Gasteiger partial charge in [-0.05, 0) is 34.4 Å². The monoisotopic (exact) mass is 764 g/mol. The molecule has 0 N–H and O–H groups in total. The Morgan fingerprint density at radius 3 is 1.20 bits per heavy atom. The summed E-state index contributed by atoms with van der Waals surface area (Å²) in [6.45, 7) is 9.50. The van der Waals surface area contributed by atoms with Gasteiger partial charge in [0.15, 0.2) is 0 Å². The molecule has 2 radical (unpaired) electrons. The summed E-state index contributed by atoms with van der Waals surface area (Å²) in [5.74, 6) is 0. The first kappa shape index (κ1) is 45.4. The molecule has 0 saturated carbocycles. The number of hydrogen-bond donors (Lipinski definition) is 0. The Morgan fingerprint density at radius 2 is 0.804 bits per heavy atom. The van der Waals surface area contributed by atoms with E-state index in [2.05, 4.69) is 45.9 Å². The van der Waals surface area contributed by atoms with E-state index in [0.29, 0.717) is 26.2 Å². The van der Waals surface area contributed by atoms with E-state index >= 15 is 0 Å². The van der Waals surface area contributed by atoms with E-state index in [-0.39, 0.29) is 65.4 Å². The van der Waals surface area contributed by atoms with Gasteiger partial charge in [-0.3, -0.25) is 9.59 Å². The molecule has 0 saturated heterocycles. The van der Waals surface area contributed by atoms with Gasteiger partial charge in [-0.2, -0.15) is 88.4 Å². The van der Waals surface area contributed by atoms with Crippen LogP contribution in [0.5, 0.6) is 0 Å². The van der Waals surface area contributed by atoms with Gasteiger partial charge in [-0.25, -0.2) is 0 Å². The molecule has 0 aliphatic heterocycles. The van der Waals surface area contributed by atoms with Crippen molar-refractivity contribution in [3.05, 3.63) is 156 Å². The maximum absolute atomic E-state index is 9.98. The van der Waals surface area contributed by atoms with Crippen molar-refractivity contribution in [2.75, 3.05) is 13.2 Å². The molecule has 0 aliphatic carbocycles. The van der Waals surface area contributed by atoms with Crippen LogP contribution in [0.1, 0.15) is 49.9 Å². The summed E-state index contributed by atoms with van der Waals surface area (Å²) in [7, 11) is 0. The van der Waals surface area contributed by atoms with Crippen LogP contribution in [-0.2, 0) is 84.5 Å². The number of hydrogen-bond acceptors (Lipinski definition) is 4. The van der Waals surface area contributed by atoms with E-state index in [9.17, 15) is 9.59 Å². The van der Waals surface area contributed by atoms with E-state index < -0.39 is 0 Å². The molecule has 0 fully saturated rings. The summed E-state index contributed by atoms with van der Waals surface area (Å²) < 4.78 is 9.16. The van der Waals surface area contributed by atoms with Gasteiger partial charge < -0.3 is 22.3 Å². The molecule has 236 valence electrons. The van der Waals surface area contributed by atoms with Crippen molar-refractivity contribution in [3.8, 4) is 11.1 Å². The Morgan fingerprint density at radius 1 is 0.500 bits per heavy atom. The predicted molar refractivity (Wildman–Crippen MR) is 185 cm³/mol. The first-order valence-electron chi connectivity index (χ1n) is 14.3. The number of carbonyl (C=O) groups is 2. The largest absolute Gasteiger partial charge is 0.464 e. The van der Waals surface area contributed by atoms with E-state index in [1.165, 1.54) is 11.1 Å². The van der Waals surface area contributed by atoms with Crippen molar-refractivity contribution < 1.29 is 84.5 Å². The minimum atomic E-state index is 0.